The number of rotatable bonds is 1. The van der Waals surface area contributed by atoms with Gasteiger partial charge >= 0.3 is 12.2 Å². The maximum Gasteiger partial charge on any atom is 0.410 e. The van der Waals surface area contributed by atoms with Crippen molar-refractivity contribution in [1.82, 2.24) is 14.7 Å². The van der Waals surface area contributed by atoms with E-state index in [-0.39, 0.29) is 18.2 Å². The van der Waals surface area contributed by atoms with Crippen molar-refractivity contribution >= 4 is 12.2 Å². The lowest BCUT2D eigenvalue weighted by atomic mass is 9.92. The zero-order valence-corrected chi connectivity index (χ0v) is 17.7. The number of carboxylic acid groups (broad SMARTS) is 1. The molecule has 2 aliphatic heterocycles. The topological polar surface area (TPSA) is 97.1 Å². The number of halogens is 1. The Balaban J connectivity index is 1.97. The first-order valence-electron chi connectivity index (χ1n) is 9.92. The highest BCUT2D eigenvalue weighted by Crippen LogP contribution is 2.34. The molecular weight excluding hydrogens is 391 g/mol. The number of amides is 2. The van der Waals surface area contributed by atoms with Crippen molar-refractivity contribution in [3.63, 3.8) is 0 Å². The van der Waals surface area contributed by atoms with Crippen molar-refractivity contribution in [3.05, 3.63) is 34.6 Å². The molecule has 8 nitrogen and oxygen atoms in total. The lowest BCUT2D eigenvalue weighted by Gasteiger charge is -2.50. The highest BCUT2D eigenvalue weighted by Gasteiger charge is 2.42. The van der Waals surface area contributed by atoms with Crippen LogP contribution in [0, 0.1) is 24.1 Å². The largest absolute Gasteiger partial charge is 0.465 e. The van der Waals surface area contributed by atoms with Gasteiger partial charge in [-0.1, -0.05) is 6.07 Å². The van der Waals surface area contributed by atoms with Gasteiger partial charge in [0.25, 0.3) is 0 Å². The molecule has 30 heavy (non-hydrogen) atoms. The molecule has 0 bridgehead atoms. The number of nitriles is 1. The number of ether oxygens (including phenoxy) is 1. The van der Waals surface area contributed by atoms with E-state index in [1.165, 1.54) is 11.0 Å². The second-order valence-corrected chi connectivity index (χ2v) is 8.77. The summed E-state index contributed by atoms with van der Waals surface area (Å²) in [5, 5.41) is 18.7. The number of hydrogen-bond donors (Lipinski definition) is 1. The van der Waals surface area contributed by atoms with Crippen LogP contribution in [0.3, 0.4) is 0 Å². The molecule has 2 aliphatic rings. The molecule has 3 rings (SSSR count). The van der Waals surface area contributed by atoms with E-state index in [0.717, 1.165) is 0 Å². The first kappa shape index (κ1) is 21.8. The Hall–Kier alpha value is -2.86. The molecule has 2 heterocycles. The van der Waals surface area contributed by atoms with Crippen LogP contribution in [0.15, 0.2) is 12.1 Å². The Kier molecular flexibility index (Phi) is 5.90. The third kappa shape index (κ3) is 4.33. The SMILES string of the molecule is Cc1c(C2CN3CCN(C(=O)O)CC3CN2C(=O)OC(C)(C)C)ccc(F)c1C#N. The van der Waals surface area contributed by atoms with Crippen LogP contribution in [0.1, 0.15) is 43.5 Å². The number of fused-ring (bicyclic) bond motifs is 1. The van der Waals surface area contributed by atoms with Crippen LogP contribution in [0.4, 0.5) is 14.0 Å². The number of carbonyl (C=O) groups excluding carboxylic acids is 1. The minimum Gasteiger partial charge on any atom is -0.465 e. The maximum absolute atomic E-state index is 14.1. The third-order valence-electron chi connectivity index (χ3n) is 5.62. The Morgan fingerprint density at radius 1 is 1.23 bits per heavy atom. The smallest absolute Gasteiger partial charge is 0.410 e. The number of nitrogens with zero attached hydrogens (tertiary/aromatic N) is 4. The molecule has 1 N–H and O–H groups in total. The van der Waals surface area contributed by atoms with Crippen LogP contribution in [0.2, 0.25) is 0 Å². The summed E-state index contributed by atoms with van der Waals surface area (Å²) in [6, 6.07) is 4.18. The molecule has 2 fully saturated rings. The second-order valence-electron chi connectivity index (χ2n) is 8.77. The van der Waals surface area contributed by atoms with Gasteiger partial charge < -0.3 is 14.7 Å². The van der Waals surface area contributed by atoms with E-state index in [0.29, 0.717) is 37.3 Å². The fraction of sp³-hybridized carbons (Fsp3) is 0.571. The van der Waals surface area contributed by atoms with Gasteiger partial charge in [-0.3, -0.25) is 9.80 Å². The molecule has 162 valence electrons. The van der Waals surface area contributed by atoms with Gasteiger partial charge in [0.05, 0.1) is 11.6 Å². The summed E-state index contributed by atoms with van der Waals surface area (Å²) in [5.74, 6) is -0.591. The lowest BCUT2D eigenvalue weighted by Crippen LogP contribution is -2.64. The minimum atomic E-state index is -0.978. The number of benzene rings is 1. The van der Waals surface area contributed by atoms with E-state index < -0.39 is 29.6 Å². The van der Waals surface area contributed by atoms with Crippen LogP contribution >= 0.6 is 0 Å². The summed E-state index contributed by atoms with van der Waals surface area (Å²) in [6.45, 7) is 8.97. The van der Waals surface area contributed by atoms with Gasteiger partial charge in [-0.25, -0.2) is 14.0 Å². The normalized spacial score (nSPS) is 22.3. The highest BCUT2D eigenvalue weighted by atomic mass is 19.1. The van der Waals surface area contributed by atoms with E-state index >= 15 is 0 Å². The lowest BCUT2D eigenvalue weighted by molar-refractivity contribution is -0.0342. The third-order valence-corrected chi connectivity index (χ3v) is 5.62. The molecule has 9 heteroatoms. The van der Waals surface area contributed by atoms with E-state index in [2.05, 4.69) is 4.90 Å². The highest BCUT2D eigenvalue weighted by molar-refractivity contribution is 5.70. The molecule has 2 unspecified atom stereocenters. The zero-order chi connectivity index (χ0) is 22.2. The number of hydrogen-bond acceptors (Lipinski definition) is 5. The van der Waals surface area contributed by atoms with Crippen molar-refractivity contribution in [1.29, 1.82) is 5.26 Å². The Morgan fingerprint density at radius 3 is 2.53 bits per heavy atom. The monoisotopic (exact) mass is 418 g/mol. The van der Waals surface area contributed by atoms with Crippen molar-refractivity contribution in [2.75, 3.05) is 32.7 Å². The molecule has 0 aliphatic carbocycles. The van der Waals surface area contributed by atoms with Crippen LogP contribution in [0.25, 0.3) is 0 Å². The predicted octanol–water partition coefficient (Wildman–Crippen LogP) is 2.96. The van der Waals surface area contributed by atoms with Gasteiger partial charge in [0.2, 0.25) is 0 Å². The summed E-state index contributed by atoms with van der Waals surface area (Å²) in [5.41, 5.74) is 0.458. The molecule has 0 saturated carbocycles. The van der Waals surface area contributed by atoms with Gasteiger partial charge in [-0.2, -0.15) is 5.26 Å². The summed E-state index contributed by atoms with van der Waals surface area (Å²) in [7, 11) is 0. The van der Waals surface area contributed by atoms with Crippen molar-refractivity contribution in [2.45, 2.75) is 45.4 Å². The molecular formula is C21H27FN4O4. The molecule has 0 aromatic heterocycles. The molecule has 2 atom stereocenters. The van der Waals surface area contributed by atoms with Crippen molar-refractivity contribution in [2.24, 2.45) is 0 Å². The summed E-state index contributed by atoms with van der Waals surface area (Å²) >= 11 is 0. The second kappa shape index (κ2) is 8.11. The predicted molar refractivity (Wildman–Crippen MR) is 106 cm³/mol. The Bertz CT molecular complexity index is 892. The first-order valence-corrected chi connectivity index (χ1v) is 9.92. The van der Waals surface area contributed by atoms with Gasteiger partial charge in [-0.05, 0) is 44.9 Å². The summed E-state index contributed by atoms with van der Waals surface area (Å²) in [6.07, 6.45) is -1.49. The van der Waals surface area contributed by atoms with Crippen LogP contribution in [-0.4, -0.2) is 76.4 Å². The van der Waals surface area contributed by atoms with Gasteiger partial charge in [-0.15, -0.1) is 0 Å². The van der Waals surface area contributed by atoms with Crippen LogP contribution in [-0.2, 0) is 4.74 Å². The van der Waals surface area contributed by atoms with Crippen LogP contribution in [0.5, 0.6) is 0 Å². The number of piperazine rings is 2. The Labute approximate surface area is 175 Å². The van der Waals surface area contributed by atoms with E-state index in [1.54, 1.807) is 38.7 Å². The molecule has 1 aromatic rings. The van der Waals surface area contributed by atoms with E-state index in [4.69, 9.17) is 4.74 Å². The summed E-state index contributed by atoms with van der Waals surface area (Å²) < 4.78 is 19.7. The molecule has 2 saturated heterocycles. The quantitative estimate of drug-likeness (QED) is 0.753. The van der Waals surface area contributed by atoms with Gasteiger partial charge in [0, 0.05) is 38.8 Å². The van der Waals surface area contributed by atoms with Gasteiger partial charge in [0.1, 0.15) is 17.5 Å². The molecule has 0 radical (unpaired) electrons. The van der Waals surface area contributed by atoms with E-state index in [1.807, 2.05) is 6.07 Å². The van der Waals surface area contributed by atoms with E-state index in [9.17, 15) is 24.3 Å². The standard InChI is InChI=1S/C21H27FN4O4/c1-13-15(5-6-17(22)16(13)9-23)18-12-24-7-8-25(19(27)28)10-14(24)11-26(18)20(29)30-21(2,3)4/h5-6,14,18H,7-8,10-12H2,1-4H3,(H,27,28). The maximum atomic E-state index is 14.1. The fourth-order valence-electron chi connectivity index (χ4n) is 4.14. The first-order chi connectivity index (χ1) is 14.0. The number of carbonyl (C=O) groups is 2. The summed E-state index contributed by atoms with van der Waals surface area (Å²) in [4.78, 5) is 29.5. The average molecular weight is 418 g/mol. The minimum absolute atomic E-state index is 0.0329. The average Bonchev–Trinajstić information content (AvgIpc) is 2.65. The molecule has 2 amide bonds. The van der Waals surface area contributed by atoms with Gasteiger partial charge in [0.15, 0.2) is 0 Å². The Morgan fingerprint density at radius 2 is 1.93 bits per heavy atom. The zero-order valence-electron chi connectivity index (χ0n) is 17.7. The fourth-order valence-corrected chi connectivity index (χ4v) is 4.14. The van der Waals surface area contributed by atoms with Crippen molar-refractivity contribution in [3.8, 4) is 6.07 Å². The molecule has 1 aromatic carbocycles. The van der Waals surface area contributed by atoms with Crippen LogP contribution < -0.4 is 0 Å². The van der Waals surface area contributed by atoms with Crippen molar-refractivity contribution < 1.29 is 23.8 Å². The molecule has 0 spiro atoms.